The lowest BCUT2D eigenvalue weighted by molar-refractivity contribution is -0.0498. The monoisotopic (exact) mass is 439 g/mol. The molecule has 2 heterocycles. The van der Waals surface area contributed by atoms with Crippen molar-refractivity contribution in [3.8, 4) is 16.9 Å². The molecule has 32 heavy (non-hydrogen) atoms. The molecule has 1 amide bonds. The van der Waals surface area contributed by atoms with Crippen LogP contribution in [0.4, 0.5) is 20.4 Å². The summed E-state index contributed by atoms with van der Waals surface area (Å²) in [5.74, 6) is 0.522. The molecule has 4 rings (SSSR count). The predicted molar refractivity (Wildman–Crippen MR) is 117 cm³/mol. The fourth-order valence-corrected chi connectivity index (χ4v) is 3.50. The minimum Gasteiger partial charge on any atom is -0.435 e. The fraction of sp³-hybridized carbons (Fsp3) is 0.261. The first-order chi connectivity index (χ1) is 15.5. The lowest BCUT2D eigenvalue weighted by atomic mass is 10.1. The van der Waals surface area contributed by atoms with Crippen LogP contribution in [0.1, 0.15) is 17.3 Å². The van der Waals surface area contributed by atoms with E-state index in [4.69, 9.17) is 0 Å². The summed E-state index contributed by atoms with van der Waals surface area (Å²) in [6, 6.07) is 13.8. The van der Waals surface area contributed by atoms with Crippen molar-refractivity contribution in [2.24, 2.45) is 0 Å². The number of rotatable bonds is 6. The van der Waals surface area contributed by atoms with Crippen LogP contribution in [0.2, 0.25) is 0 Å². The maximum Gasteiger partial charge on any atom is 0.387 e. The Morgan fingerprint density at radius 2 is 1.78 bits per heavy atom. The van der Waals surface area contributed by atoms with Crippen molar-refractivity contribution in [3.05, 3.63) is 66.5 Å². The van der Waals surface area contributed by atoms with Gasteiger partial charge in [-0.2, -0.15) is 8.78 Å². The summed E-state index contributed by atoms with van der Waals surface area (Å²) in [7, 11) is 0. The molecule has 166 valence electrons. The first-order valence-electron chi connectivity index (χ1n) is 10.2. The zero-order valence-corrected chi connectivity index (χ0v) is 17.5. The van der Waals surface area contributed by atoms with E-state index in [1.54, 1.807) is 36.7 Å². The van der Waals surface area contributed by atoms with Crippen molar-refractivity contribution in [1.82, 2.24) is 20.2 Å². The summed E-state index contributed by atoms with van der Waals surface area (Å²) in [4.78, 5) is 23.1. The Balaban J connectivity index is 1.37. The molecular formula is C23H23F2N5O2. The third-order valence-electron chi connectivity index (χ3n) is 5.11. The van der Waals surface area contributed by atoms with Crippen molar-refractivity contribution >= 4 is 17.5 Å². The van der Waals surface area contributed by atoms with Crippen molar-refractivity contribution < 1.29 is 18.3 Å². The zero-order chi connectivity index (χ0) is 22.5. The zero-order valence-electron chi connectivity index (χ0n) is 17.5. The van der Waals surface area contributed by atoms with Crippen molar-refractivity contribution in [2.45, 2.75) is 19.6 Å². The third kappa shape index (κ3) is 5.36. The number of nitrogens with zero attached hydrogens (tertiary/aromatic N) is 3. The quantitative estimate of drug-likeness (QED) is 0.606. The molecule has 0 saturated carbocycles. The second-order valence-electron chi connectivity index (χ2n) is 7.51. The number of nitrogens with one attached hydrogen (secondary N) is 2. The maximum absolute atomic E-state index is 12.7. The standard InChI is InChI=1S/C23H23F2N5O2/c1-15-14-30(11-10-26-15)21(31)17-2-6-19(7-3-17)29-23-27-12-18(13-28-23)16-4-8-20(9-5-16)32-22(24)25/h2-9,12-13,15,22,26H,10-11,14H2,1H3,(H,27,28,29). The summed E-state index contributed by atoms with van der Waals surface area (Å²) >= 11 is 0. The second-order valence-corrected chi connectivity index (χ2v) is 7.51. The van der Waals surface area contributed by atoms with Crippen LogP contribution in [-0.4, -0.2) is 53.1 Å². The van der Waals surface area contributed by atoms with Gasteiger partial charge in [0.1, 0.15) is 5.75 Å². The number of benzene rings is 2. The van der Waals surface area contributed by atoms with Gasteiger partial charge in [0, 0.05) is 54.9 Å². The molecule has 1 aromatic heterocycles. The number of anilines is 2. The summed E-state index contributed by atoms with van der Waals surface area (Å²) in [6.45, 7) is 1.40. The summed E-state index contributed by atoms with van der Waals surface area (Å²) in [6.07, 6.45) is 3.28. The normalized spacial score (nSPS) is 16.1. The fourth-order valence-electron chi connectivity index (χ4n) is 3.50. The number of carbonyl (C=O) groups is 1. The molecule has 3 aromatic rings. The molecule has 0 spiro atoms. The molecule has 1 unspecified atom stereocenters. The van der Waals surface area contributed by atoms with Gasteiger partial charge in [-0.05, 0) is 48.9 Å². The molecule has 0 aliphatic carbocycles. The van der Waals surface area contributed by atoms with Crippen LogP contribution in [-0.2, 0) is 0 Å². The third-order valence-corrected chi connectivity index (χ3v) is 5.11. The first kappa shape index (κ1) is 21.6. The van der Waals surface area contributed by atoms with Crippen LogP contribution in [0.25, 0.3) is 11.1 Å². The van der Waals surface area contributed by atoms with Crippen molar-refractivity contribution in [1.29, 1.82) is 0 Å². The Labute approximate surface area is 184 Å². The Morgan fingerprint density at radius 1 is 1.09 bits per heavy atom. The van der Waals surface area contributed by atoms with Gasteiger partial charge < -0.3 is 20.3 Å². The van der Waals surface area contributed by atoms with Gasteiger partial charge in [-0.1, -0.05) is 12.1 Å². The topological polar surface area (TPSA) is 79.4 Å². The molecule has 1 atom stereocenters. The van der Waals surface area contributed by atoms with Gasteiger partial charge >= 0.3 is 6.61 Å². The van der Waals surface area contributed by atoms with Gasteiger partial charge in [0.2, 0.25) is 5.95 Å². The lowest BCUT2D eigenvalue weighted by Crippen LogP contribution is -2.51. The van der Waals surface area contributed by atoms with Gasteiger partial charge in [-0.15, -0.1) is 0 Å². The van der Waals surface area contributed by atoms with Gasteiger partial charge in [0.25, 0.3) is 5.91 Å². The van der Waals surface area contributed by atoms with Gasteiger partial charge in [0.05, 0.1) is 0 Å². The highest BCUT2D eigenvalue weighted by atomic mass is 19.3. The van der Waals surface area contributed by atoms with Crippen LogP contribution in [0.5, 0.6) is 5.75 Å². The molecule has 9 heteroatoms. The van der Waals surface area contributed by atoms with E-state index in [2.05, 4.69) is 32.3 Å². The average Bonchev–Trinajstić information content (AvgIpc) is 2.80. The Bertz CT molecular complexity index is 1040. The van der Waals surface area contributed by atoms with Crippen LogP contribution in [0, 0.1) is 0 Å². The molecule has 7 nitrogen and oxygen atoms in total. The highest BCUT2D eigenvalue weighted by Crippen LogP contribution is 2.23. The van der Waals surface area contributed by atoms with E-state index in [0.717, 1.165) is 23.4 Å². The second kappa shape index (κ2) is 9.69. The van der Waals surface area contributed by atoms with E-state index in [-0.39, 0.29) is 17.7 Å². The summed E-state index contributed by atoms with van der Waals surface area (Å²) in [5.41, 5.74) is 2.92. The maximum atomic E-state index is 12.7. The molecule has 1 aliphatic rings. The predicted octanol–water partition coefficient (Wildman–Crippen LogP) is 3.92. The highest BCUT2D eigenvalue weighted by molar-refractivity contribution is 5.94. The van der Waals surface area contributed by atoms with Crippen molar-refractivity contribution in [3.63, 3.8) is 0 Å². The van der Waals surface area contributed by atoms with Crippen LogP contribution in [0.15, 0.2) is 60.9 Å². The Hall–Kier alpha value is -3.59. The minimum atomic E-state index is -2.85. The lowest BCUT2D eigenvalue weighted by Gasteiger charge is -2.32. The number of aromatic nitrogens is 2. The number of alkyl halides is 2. The van der Waals surface area contributed by atoms with Crippen LogP contribution >= 0.6 is 0 Å². The van der Waals surface area contributed by atoms with Gasteiger partial charge in [0.15, 0.2) is 0 Å². The molecule has 2 aromatic carbocycles. The molecule has 0 radical (unpaired) electrons. The first-order valence-corrected chi connectivity index (χ1v) is 10.2. The number of ether oxygens (including phenoxy) is 1. The Kier molecular flexibility index (Phi) is 6.55. The van der Waals surface area contributed by atoms with E-state index in [0.29, 0.717) is 24.6 Å². The SMILES string of the molecule is CC1CN(C(=O)c2ccc(Nc3ncc(-c4ccc(OC(F)F)cc4)cn3)cc2)CCN1. The summed E-state index contributed by atoms with van der Waals surface area (Å²) < 4.78 is 28.9. The average molecular weight is 439 g/mol. The number of carbonyl (C=O) groups excluding carboxylic acids is 1. The number of hydrogen-bond acceptors (Lipinski definition) is 6. The number of piperazine rings is 1. The van der Waals surface area contributed by atoms with Gasteiger partial charge in [-0.3, -0.25) is 4.79 Å². The number of halogens is 2. The van der Waals surface area contributed by atoms with E-state index < -0.39 is 6.61 Å². The Morgan fingerprint density at radius 3 is 2.41 bits per heavy atom. The number of hydrogen-bond donors (Lipinski definition) is 2. The van der Waals surface area contributed by atoms with E-state index >= 15 is 0 Å². The molecule has 1 fully saturated rings. The molecule has 2 N–H and O–H groups in total. The summed E-state index contributed by atoms with van der Waals surface area (Å²) in [5, 5.41) is 6.43. The van der Waals surface area contributed by atoms with E-state index in [9.17, 15) is 13.6 Å². The number of amides is 1. The van der Waals surface area contributed by atoms with E-state index in [1.165, 1.54) is 12.1 Å². The molecule has 1 saturated heterocycles. The molecule has 1 aliphatic heterocycles. The molecule has 0 bridgehead atoms. The smallest absolute Gasteiger partial charge is 0.387 e. The van der Waals surface area contributed by atoms with Crippen LogP contribution in [0.3, 0.4) is 0 Å². The van der Waals surface area contributed by atoms with Crippen LogP contribution < -0.4 is 15.4 Å². The minimum absolute atomic E-state index is 0.0236. The molecular weight excluding hydrogens is 416 g/mol. The largest absolute Gasteiger partial charge is 0.435 e. The van der Waals surface area contributed by atoms with Crippen molar-refractivity contribution in [2.75, 3.05) is 25.0 Å². The van der Waals surface area contributed by atoms with Gasteiger partial charge in [-0.25, -0.2) is 9.97 Å². The van der Waals surface area contributed by atoms with E-state index in [1.807, 2.05) is 17.0 Å². The highest BCUT2D eigenvalue weighted by Gasteiger charge is 2.21.